The van der Waals surface area contributed by atoms with Crippen molar-refractivity contribution < 1.29 is 4.74 Å². The van der Waals surface area contributed by atoms with Crippen LogP contribution in [0.4, 0.5) is 0 Å². The van der Waals surface area contributed by atoms with Crippen molar-refractivity contribution in [2.75, 3.05) is 13.7 Å². The molecule has 1 aromatic carbocycles. The maximum absolute atomic E-state index is 5.30. The minimum absolute atomic E-state index is 0.865. The minimum atomic E-state index is 0.865. The molecule has 0 radical (unpaired) electrons. The highest BCUT2D eigenvalue weighted by Gasteiger charge is 2.03. The molecule has 0 saturated carbocycles. The normalized spacial score (nSPS) is 11.4. The van der Waals surface area contributed by atoms with E-state index >= 15 is 0 Å². The zero-order chi connectivity index (χ0) is 15.1. The van der Waals surface area contributed by atoms with Crippen LogP contribution in [0.5, 0.6) is 5.75 Å². The Morgan fingerprint density at radius 1 is 1.38 bits per heavy atom. The Morgan fingerprint density at radius 2 is 2.24 bits per heavy atom. The molecular formula is C18H22N2O. The van der Waals surface area contributed by atoms with E-state index in [4.69, 9.17) is 4.74 Å². The predicted molar refractivity (Wildman–Crippen MR) is 88.6 cm³/mol. The number of hydrogen-bond acceptors (Lipinski definition) is 3. The van der Waals surface area contributed by atoms with Gasteiger partial charge in [-0.15, -0.1) is 0 Å². The van der Waals surface area contributed by atoms with Gasteiger partial charge in [0.2, 0.25) is 0 Å². The van der Waals surface area contributed by atoms with Gasteiger partial charge < -0.3 is 10.1 Å². The van der Waals surface area contributed by atoms with Crippen LogP contribution in [0.25, 0.3) is 10.9 Å². The fourth-order valence-electron chi connectivity index (χ4n) is 2.24. The highest BCUT2D eigenvalue weighted by atomic mass is 16.5. The Hall–Kier alpha value is -2.29. The van der Waals surface area contributed by atoms with Gasteiger partial charge in [-0.3, -0.25) is 4.98 Å². The van der Waals surface area contributed by atoms with Crippen LogP contribution in [0.3, 0.4) is 0 Å². The first kappa shape index (κ1) is 15.1. The van der Waals surface area contributed by atoms with E-state index in [9.17, 15) is 0 Å². The number of benzene rings is 1. The van der Waals surface area contributed by atoms with Gasteiger partial charge in [0.25, 0.3) is 0 Å². The van der Waals surface area contributed by atoms with Crippen LogP contribution in [0.15, 0.2) is 54.9 Å². The predicted octanol–water partition coefficient (Wildman–Crippen LogP) is 3.86. The van der Waals surface area contributed by atoms with Gasteiger partial charge in [-0.2, -0.15) is 0 Å². The van der Waals surface area contributed by atoms with E-state index in [0.29, 0.717) is 0 Å². The molecule has 0 aliphatic heterocycles. The molecule has 1 aromatic heterocycles. The number of aromatic nitrogens is 1. The van der Waals surface area contributed by atoms with Crippen molar-refractivity contribution in [3.63, 3.8) is 0 Å². The molecular weight excluding hydrogens is 260 g/mol. The summed E-state index contributed by atoms with van der Waals surface area (Å²) in [5, 5.41) is 4.50. The van der Waals surface area contributed by atoms with Gasteiger partial charge in [-0.05, 0) is 54.4 Å². The van der Waals surface area contributed by atoms with Gasteiger partial charge in [0, 0.05) is 18.1 Å². The molecule has 0 saturated heterocycles. The number of hydrogen-bond donors (Lipinski definition) is 1. The number of allylic oxidation sites excluding steroid dienone is 2. The van der Waals surface area contributed by atoms with Gasteiger partial charge in [0.1, 0.15) is 5.75 Å². The zero-order valence-electron chi connectivity index (χ0n) is 12.7. The quantitative estimate of drug-likeness (QED) is 0.618. The SMILES string of the molecule is C=C/C(=C/NCCc1ccnc2ccc(OC)cc12)CC. The summed E-state index contributed by atoms with van der Waals surface area (Å²) in [6.07, 6.45) is 7.72. The molecule has 0 aliphatic rings. The van der Waals surface area contributed by atoms with E-state index in [1.54, 1.807) is 7.11 Å². The summed E-state index contributed by atoms with van der Waals surface area (Å²) in [7, 11) is 1.69. The molecule has 0 amide bonds. The van der Waals surface area contributed by atoms with Gasteiger partial charge in [0.05, 0.1) is 12.6 Å². The first-order valence-electron chi connectivity index (χ1n) is 7.25. The van der Waals surface area contributed by atoms with Gasteiger partial charge >= 0.3 is 0 Å². The van der Waals surface area contributed by atoms with Crippen molar-refractivity contribution in [2.45, 2.75) is 19.8 Å². The summed E-state index contributed by atoms with van der Waals surface area (Å²) in [6, 6.07) is 8.06. The van der Waals surface area contributed by atoms with Crippen molar-refractivity contribution in [1.82, 2.24) is 10.3 Å². The summed E-state index contributed by atoms with van der Waals surface area (Å²) in [5.41, 5.74) is 3.50. The minimum Gasteiger partial charge on any atom is -0.497 e. The molecule has 2 aromatic rings. The lowest BCUT2D eigenvalue weighted by Crippen LogP contribution is -2.11. The van der Waals surface area contributed by atoms with E-state index in [2.05, 4.69) is 35.9 Å². The molecule has 1 N–H and O–H groups in total. The average molecular weight is 282 g/mol. The third-order valence-electron chi connectivity index (χ3n) is 3.54. The molecule has 0 unspecified atom stereocenters. The van der Waals surface area contributed by atoms with Crippen molar-refractivity contribution in [1.29, 1.82) is 0 Å². The molecule has 0 bridgehead atoms. The van der Waals surface area contributed by atoms with Gasteiger partial charge in [-0.25, -0.2) is 0 Å². The number of ether oxygens (including phenoxy) is 1. The Bertz CT molecular complexity index is 647. The van der Waals surface area contributed by atoms with Crippen molar-refractivity contribution in [3.8, 4) is 5.75 Å². The summed E-state index contributed by atoms with van der Waals surface area (Å²) in [6.45, 7) is 6.80. The Kier molecular flexibility index (Phi) is 5.38. The number of nitrogens with one attached hydrogen (secondary N) is 1. The van der Waals surface area contributed by atoms with Gasteiger partial charge in [0.15, 0.2) is 0 Å². The molecule has 0 spiro atoms. The fourth-order valence-corrected chi connectivity index (χ4v) is 2.24. The van der Waals surface area contributed by atoms with Crippen molar-refractivity contribution >= 4 is 10.9 Å². The highest BCUT2D eigenvalue weighted by molar-refractivity contribution is 5.83. The molecule has 3 nitrogen and oxygen atoms in total. The lowest BCUT2D eigenvalue weighted by molar-refractivity contribution is 0.415. The van der Waals surface area contributed by atoms with E-state index in [1.165, 1.54) is 11.1 Å². The number of rotatable bonds is 7. The second kappa shape index (κ2) is 7.48. The van der Waals surface area contributed by atoms with Crippen LogP contribution in [-0.4, -0.2) is 18.6 Å². The molecule has 0 fully saturated rings. The molecule has 1 heterocycles. The highest BCUT2D eigenvalue weighted by Crippen LogP contribution is 2.22. The summed E-state index contributed by atoms with van der Waals surface area (Å²) < 4.78 is 5.30. The topological polar surface area (TPSA) is 34.2 Å². The van der Waals surface area contributed by atoms with Crippen LogP contribution in [0.1, 0.15) is 18.9 Å². The first-order chi connectivity index (χ1) is 10.3. The smallest absolute Gasteiger partial charge is 0.119 e. The molecule has 0 atom stereocenters. The summed E-state index contributed by atoms with van der Waals surface area (Å²) >= 11 is 0. The lowest BCUT2D eigenvalue weighted by atomic mass is 10.1. The summed E-state index contributed by atoms with van der Waals surface area (Å²) in [5.74, 6) is 0.865. The van der Waals surface area contributed by atoms with E-state index in [1.807, 2.05) is 30.6 Å². The van der Waals surface area contributed by atoms with Crippen LogP contribution >= 0.6 is 0 Å². The van der Waals surface area contributed by atoms with Crippen LogP contribution < -0.4 is 10.1 Å². The third-order valence-corrected chi connectivity index (χ3v) is 3.54. The number of pyridine rings is 1. The van der Waals surface area contributed by atoms with Gasteiger partial charge in [-0.1, -0.05) is 19.6 Å². The maximum Gasteiger partial charge on any atom is 0.119 e. The number of fused-ring (bicyclic) bond motifs is 1. The molecule has 3 heteroatoms. The zero-order valence-corrected chi connectivity index (χ0v) is 12.7. The van der Waals surface area contributed by atoms with E-state index < -0.39 is 0 Å². The average Bonchev–Trinajstić information content (AvgIpc) is 2.54. The van der Waals surface area contributed by atoms with E-state index in [0.717, 1.165) is 36.0 Å². The van der Waals surface area contributed by atoms with E-state index in [-0.39, 0.29) is 0 Å². The monoisotopic (exact) mass is 282 g/mol. The number of nitrogens with zero attached hydrogens (tertiary/aromatic N) is 1. The molecule has 110 valence electrons. The standard InChI is InChI=1S/C18H22N2O/c1-4-14(5-2)13-19-10-8-15-9-11-20-18-7-6-16(21-3)12-17(15)18/h4,6-7,9,11-13,19H,1,5,8,10H2,2-3H3/b14-13-. The van der Waals surface area contributed by atoms with Crippen LogP contribution in [-0.2, 0) is 6.42 Å². The van der Waals surface area contributed by atoms with Crippen LogP contribution in [0, 0.1) is 0 Å². The van der Waals surface area contributed by atoms with Crippen molar-refractivity contribution in [3.05, 3.63) is 60.5 Å². The fraction of sp³-hybridized carbons (Fsp3) is 0.278. The largest absolute Gasteiger partial charge is 0.497 e. The molecule has 21 heavy (non-hydrogen) atoms. The second-order valence-corrected chi connectivity index (χ2v) is 4.83. The maximum atomic E-state index is 5.30. The summed E-state index contributed by atoms with van der Waals surface area (Å²) in [4.78, 5) is 4.40. The molecule has 0 aliphatic carbocycles. The van der Waals surface area contributed by atoms with Crippen LogP contribution in [0.2, 0.25) is 0 Å². The first-order valence-corrected chi connectivity index (χ1v) is 7.25. The number of methoxy groups -OCH3 is 1. The van der Waals surface area contributed by atoms with Crippen molar-refractivity contribution in [2.24, 2.45) is 0 Å². The molecule has 2 rings (SSSR count). The Labute approximate surface area is 126 Å². The Balaban J connectivity index is 2.11. The third kappa shape index (κ3) is 3.85. The lowest BCUT2D eigenvalue weighted by Gasteiger charge is -2.08. The Morgan fingerprint density at radius 3 is 2.95 bits per heavy atom. The second-order valence-electron chi connectivity index (χ2n) is 4.83.